The maximum atomic E-state index is 12.3. The number of ether oxygens (including phenoxy) is 2. The van der Waals surface area contributed by atoms with Crippen molar-refractivity contribution in [3.05, 3.63) is 301 Å². The Balaban J connectivity index is 1.02. The van der Waals surface area contributed by atoms with E-state index in [0.717, 1.165) is 106 Å². The van der Waals surface area contributed by atoms with Crippen LogP contribution in [0.3, 0.4) is 0 Å². The topological polar surface area (TPSA) is 56.3 Å². The monoisotopic (exact) mass is 1120 g/mol. The molecule has 0 amide bonds. The van der Waals surface area contributed by atoms with Crippen LogP contribution < -0.4 is 24.2 Å². The lowest BCUT2D eigenvalue weighted by atomic mass is 9.83. The smallest absolute Gasteiger partial charge is 0.230 e. The number of anilines is 7. The quantitative estimate of drug-likeness (QED) is 0.134. The lowest BCUT2D eigenvalue weighted by molar-refractivity contribution is 0.403. The Morgan fingerprint density at radius 3 is 1.05 bits per heavy atom. The molecular formula is C80H57N5O2. The fraction of sp³-hybridized carbons (Fsp3) is 0.0750. The van der Waals surface area contributed by atoms with Crippen LogP contribution >= 0.6 is 0 Å². The van der Waals surface area contributed by atoms with Crippen molar-refractivity contribution in [3.8, 4) is 95.8 Å². The summed E-state index contributed by atoms with van der Waals surface area (Å²) >= 11 is 0. The zero-order chi connectivity index (χ0) is 59.0. The lowest BCUT2D eigenvalue weighted by Crippen LogP contribution is -2.46. The van der Waals surface area contributed by atoms with Crippen LogP contribution in [0.15, 0.2) is 273 Å². The molecule has 0 bridgehead atoms. The highest BCUT2D eigenvalue weighted by molar-refractivity contribution is 6.05. The number of benzene rings is 12. The molecule has 3 heterocycles. The van der Waals surface area contributed by atoms with Gasteiger partial charge in [0.2, 0.25) is 5.69 Å². The molecule has 0 atom stereocenters. The average Bonchev–Trinajstić information content (AvgIpc) is 1.67. The van der Waals surface area contributed by atoms with Crippen LogP contribution in [0.5, 0.6) is 23.0 Å². The summed E-state index contributed by atoms with van der Waals surface area (Å²) in [6.07, 6.45) is 0. The van der Waals surface area contributed by atoms with Gasteiger partial charge in [0.1, 0.15) is 0 Å². The molecular weight excluding hydrogens is 1060 g/mol. The van der Waals surface area contributed by atoms with E-state index in [2.05, 4.69) is 272 Å². The van der Waals surface area contributed by atoms with Crippen molar-refractivity contribution in [2.75, 3.05) is 14.7 Å². The van der Waals surface area contributed by atoms with Crippen LogP contribution in [0.2, 0.25) is 0 Å². The lowest BCUT2D eigenvalue weighted by Gasteiger charge is -2.44. The highest BCUT2D eigenvalue weighted by Gasteiger charge is 2.55. The minimum Gasteiger partial charge on any atom is -0.453 e. The van der Waals surface area contributed by atoms with Gasteiger partial charge in [-0.15, -0.1) is 0 Å². The van der Waals surface area contributed by atoms with Crippen LogP contribution in [0.4, 0.5) is 45.5 Å². The zero-order valence-electron chi connectivity index (χ0n) is 48.5. The number of para-hydroxylation sites is 1. The second-order valence-electron chi connectivity index (χ2n) is 23.3. The van der Waals surface area contributed by atoms with Crippen molar-refractivity contribution in [2.24, 2.45) is 0 Å². The van der Waals surface area contributed by atoms with Gasteiger partial charge in [-0.05, 0) is 161 Å². The molecule has 0 N–H and O–H groups in total. The Kier molecular flexibility index (Phi) is 12.5. The van der Waals surface area contributed by atoms with Gasteiger partial charge in [-0.3, -0.25) is 0 Å². The summed E-state index contributed by atoms with van der Waals surface area (Å²) in [7, 11) is 0. The third-order valence-electron chi connectivity index (χ3n) is 17.6. The first-order valence-electron chi connectivity index (χ1n) is 29.4. The number of rotatable bonds is 9. The second kappa shape index (κ2) is 20.7. The predicted molar refractivity (Wildman–Crippen MR) is 355 cm³/mol. The summed E-state index contributed by atoms with van der Waals surface area (Å²) in [5.41, 5.74) is 18.3. The van der Waals surface area contributed by atoms with E-state index in [4.69, 9.17) is 9.47 Å². The summed E-state index contributed by atoms with van der Waals surface area (Å²) in [6.45, 7) is 18.6. The summed E-state index contributed by atoms with van der Waals surface area (Å²) in [5, 5.41) is 12.3. The molecule has 12 aromatic rings. The molecule has 3 aliphatic heterocycles. The van der Waals surface area contributed by atoms with Crippen LogP contribution in [-0.2, 0) is 11.1 Å². The first-order valence-corrected chi connectivity index (χ1v) is 29.4. The highest BCUT2D eigenvalue weighted by atomic mass is 16.5. The Labute approximate surface area is 507 Å². The first-order chi connectivity index (χ1) is 42.6. The highest BCUT2D eigenvalue weighted by Crippen LogP contribution is 2.67. The fourth-order valence-electron chi connectivity index (χ4n) is 14.0. The molecule has 7 heteroatoms. The van der Waals surface area contributed by atoms with Gasteiger partial charge in [-0.25, -0.2) is 4.85 Å². The van der Waals surface area contributed by atoms with E-state index in [-0.39, 0.29) is 11.3 Å². The van der Waals surface area contributed by atoms with Crippen molar-refractivity contribution in [1.29, 1.82) is 5.26 Å². The summed E-state index contributed by atoms with van der Waals surface area (Å²) in [6, 6.07) is 97.3. The number of nitrogens with zero attached hydrogens (tertiary/aromatic N) is 5. The molecule has 0 aromatic heterocycles. The zero-order valence-corrected chi connectivity index (χ0v) is 48.5. The first kappa shape index (κ1) is 52.4. The van der Waals surface area contributed by atoms with E-state index < -0.39 is 11.1 Å². The predicted octanol–water partition coefficient (Wildman–Crippen LogP) is 22.3. The van der Waals surface area contributed by atoms with E-state index in [9.17, 15) is 11.8 Å². The number of hydrogen-bond acceptors (Lipinski definition) is 6. The van der Waals surface area contributed by atoms with Gasteiger partial charge in [-0.2, -0.15) is 5.26 Å². The molecule has 0 fully saturated rings. The van der Waals surface area contributed by atoms with E-state index in [1.807, 2.05) is 54.6 Å². The SMILES string of the molecule is [C-]#[N+]c1c(C#N)c(N2c3ccc(-c4ccccc4)cc3Oc3cc(-c4ccccc4-c4ccccc4)ccc32)c2c(c1N1c3ccc(-c4ccccc4)cc3Oc3cc(-c4ccccc4-c4ccccc4)ccc31)C(C)(C)N(c1ccccc1)C2(C)C. The summed E-state index contributed by atoms with van der Waals surface area (Å²) in [5.74, 6) is 2.47. The van der Waals surface area contributed by atoms with Gasteiger partial charge in [0, 0.05) is 11.3 Å². The minimum absolute atomic E-state index is 0.221. The number of fused-ring (bicyclic) bond motifs is 5. The largest absolute Gasteiger partial charge is 0.453 e. The molecule has 7 nitrogen and oxygen atoms in total. The Morgan fingerprint density at radius 1 is 0.356 bits per heavy atom. The Bertz CT molecular complexity index is 4490. The van der Waals surface area contributed by atoms with Crippen LogP contribution in [-0.4, -0.2) is 0 Å². The molecule has 87 heavy (non-hydrogen) atoms. The summed E-state index contributed by atoms with van der Waals surface area (Å²) in [4.78, 5) is 11.5. The molecule has 0 radical (unpaired) electrons. The van der Waals surface area contributed by atoms with E-state index >= 15 is 0 Å². The van der Waals surface area contributed by atoms with Crippen molar-refractivity contribution in [3.63, 3.8) is 0 Å². The van der Waals surface area contributed by atoms with Gasteiger partial charge < -0.3 is 24.2 Å². The third kappa shape index (κ3) is 8.54. The maximum absolute atomic E-state index is 12.3. The van der Waals surface area contributed by atoms with Crippen molar-refractivity contribution in [2.45, 2.75) is 38.8 Å². The maximum Gasteiger partial charge on any atom is 0.230 e. The molecule has 12 aromatic carbocycles. The molecule has 0 unspecified atom stereocenters. The van der Waals surface area contributed by atoms with Crippen molar-refractivity contribution >= 4 is 45.5 Å². The summed E-state index contributed by atoms with van der Waals surface area (Å²) < 4.78 is 14.5. The standard InChI is InChI=1S/C80H57N5O2/c1-79(2)74-75(80(3,4)85(79)60-33-19-10-20-34-60)78(84-68-44-40-57(53-27-13-7-14-28-53)48-71(68)87-73-50-59(42-46-69(73)84)64-38-24-22-36-62(64)55-31-17-9-18-32-55)76(82-5)65(51-81)77(74)83-66-43-39-56(52-25-11-6-12-26-52)47-70(66)86-72-49-58(41-45-67(72)83)63-37-23-21-35-61(63)54-29-15-8-16-30-54/h6-50H,1-4H3. The van der Waals surface area contributed by atoms with Crippen molar-refractivity contribution < 1.29 is 9.47 Å². The normalized spacial score (nSPS) is 13.8. The number of hydrogen-bond donors (Lipinski definition) is 0. The van der Waals surface area contributed by atoms with E-state index in [1.54, 1.807) is 0 Å². The minimum atomic E-state index is -0.840. The Hall–Kier alpha value is -11.4. The second-order valence-corrected chi connectivity index (χ2v) is 23.3. The van der Waals surface area contributed by atoms with E-state index in [1.165, 1.54) is 0 Å². The molecule has 0 spiro atoms. The van der Waals surface area contributed by atoms with Crippen LogP contribution in [0, 0.1) is 17.9 Å². The number of nitriles is 1. The average molecular weight is 1120 g/mol. The van der Waals surface area contributed by atoms with Gasteiger partial charge in [0.25, 0.3) is 0 Å². The molecule has 3 aliphatic rings. The van der Waals surface area contributed by atoms with Gasteiger partial charge >= 0.3 is 0 Å². The van der Waals surface area contributed by atoms with Crippen LogP contribution in [0.25, 0.3) is 71.6 Å². The van der Waals surface area contributed by atoms with Gasteiger partial charge in [0.15, 0.2) is 23.0 Å². The third-order valence-corrected chi connectivity index (χ3v) is 17.6. The Morgan fingerprint density at radius 2 is 0.667 bits per heavy atom. The van der Waals surface area contributed by atoms with Crippen LogP contribution in [0.1, 0.15) is 44.4 Å². The van der Waals surface area contributed by atoms with Crippen molar-refractivity contribution in [1.82, 2.24) is 0 Å². The molecule has 0 aliphatic carbocycles. The van der Waals surface area contributed by atoms with E-state index in [0.29, 0.717) is 34.4 Å². The molecule has 414 valence electrons. The van der Waals surface area contributed by atoms with Gasteiger partial charge in [-0.1, -0.05) is 212 Å². The molecule has 0 saturated carbocycles. The molecule has 0 saturated heterocycles. The van der Waals surface area contributed by atoms with Gasteiger partial charge in [0.05, 0.1) is 63.4 Å². The fourth-order valence-corrected chi connectivity index (χ4v) is 14.0. The molecule has 15 rings (SSSR count).